The number of hydrogen-bond donors (Lipinski definition) is 1. The van der Waals surface area contributed by atoms with Gasteiger partial charge in [-0.25, -0.2) is 4.98 Å². The second-order valence-corrected chi connectivity index (χ2v) is 8.91. The van der Waals surface area contributed by atoms with E-state index < -0.39 is 0 Å². The number of unbranched alkanes of at least 4 members (excludes halogenated alkanes) is 4. The van der Waals surface area contributed by atoms with Gasteiger partial charge in [-0.15, -0.1) is 11.3 Å². The number of hydrogen-bond acceptors (Lipinski definition) is 5. The number of carbonyl (C=O) groups is 2. The summed E-state index contributed by atoms with van der Waals surface area (Å²) >= 11 is 1.40. The molecule has 0 aliphatic rings. The van der Waals surface area contributed by atoms with Crippen LogP contribution >= 0.6 is 11.3 Å². The van der Waals surface area contributed by atoms with E-state index >= 15 is 0 Å². The Hall–Kier alpha value is -2.05. The fraction of sp³-hybridized carbons (Fsp3) is 0.522. The average Bonchev–Trinajstić information content (AvgIpc) is 3.21. The molecule has 0 unspecified atom stereocenters. The first kappa shape index (κ1) is 23.2. The maximum absolute atomic E-state index is 12.8. The predicted molar refractivity (Wildman–Crippen MR) is 121 cm³/mol. The lowest BCUT2D eigenvalue weighted by Crippen LogP contribution is -2.17. The molecular weight excluding hydrogens is 382 g/mol. The maximum atomic E-state index is 12.8. The van der Waals surface area contributed by atoms with Crippen LogP contribution in [-0.2, 0) is 4.79 Å². The van der Waals surface area contributed by atoms with Gasteiger partial charge in [-0.3, -0.25) is 9.59 Å². The highest BCUT2D eigenvalue weighted by Crippen LogP contribution is 2.24. The molecule has 2 heterocycles. The standard InChI is InChI=1S/C23H33N3O2S/c1-17(2)19-14-13-18(22(28)20-11-10-16-29-20)23(24-19)25-21(27)12-8-6-5-7-9-15-26(3)4/h10-11,13-14,16-17H,5-9,12,15H2,1-4H3,(H,24,25,27). The third-order valence-electron chi connectivity index (χ3n) is 4.76. The predicted octanol–water partition coefficient (Wildman–Crippen LogP) is 5.34. The zero-order valence-corrected chi connectivity index (χ0v) is 18.8. The molecule has 0 saturated carbocycles. The van der Waals surface area contributed by atoms with Gasteiger partial charge >= 0.3 is 0 Å². The van der Waals surface area contributed by atoms with E-state index in [0.29, 0.717) is 22.7 Å². The molecule has 158 valence electrons. The average molecular weight is 416 g/mol. The summed E-state index contributed by atoms with van der Waals surface area (Å²) in [7, 11) is 4.17. The third-order valence-corrected chi connectivity index (χ3v) is 5.63. The molecule has 29 heavy (non-hydrogen) atoms. The van der Waals surface area contributed by atoms with Crippen LogP contribution in [0.4, 0.5) is 5.82 Å². The van der Waals surface area contributed by atoms with Crippen LogP contribution in [0, 0.1) is 0 Å². The van der Waals surface area contributed by atoms with Crippen molar-refractivity contribution in [2.75, 3.05) is 26.0 Å². The number of anilines is 1. The maximum Gasteiger partial charge on any atom is 0.225 e. The van der Waals surface area contributed by atoms with Gasteiger partial charge in [-0.05, 0) is 63.0 Å². The lowest BCUT2D eigenvalue weighted by molar-refractivity contribution is -0.116. The normalized spacial score (nSPS) is 11.2. The highest BCUT2D eigenvalue weighted by atomic mass is 32.1. The molecule has 0 bridgehead atoms. The van der Waals surface area contributed by atoms with E-state index in [1.165, 1.54) is 24.2 Å². The Morgan fingerprint density at radius 1 is 1.07 bits per heavy atom. The largest absolute Gasteiger partial charge is 0.310 e. The van der Waals surface area contributed by atoms with Crippen molar-refractivity contribution >= 4 is 28.8 Å². The van der Waals surface area contributed by atoms with Crippen molar-refractivity contribution in [3.63, 3.8) is 0 Å². The first-order chi connectivity index (χ1) is 13.9. The van der Waals surface area contributed by atoms with Crippen LogP contribution in [0.1, 0.15) is 79.2 Å². The molecule has 1 N–H and O–H groups in total. The molecule has 2 aromatic rings. The van der Waals surface area contributed by atoms with Crippen molar-refractivity contribution < 1.29 is 9.59 Å². The van der Waals surface area contributed by atoms with Crippen LogP contribution < -0.4 is 5.32 Å². The molecule has 6 heteroatoms. The van der Waals surface area contributed by atoms with Gasteiger partial charge < -0.3 is 10.2 Å². The van der Waals surface area contributed by atoms with E-state index in [2.05, 4.69) is 29.3 Å². The van der Waals surface area contributed by atoms with E-state index in [4.69, 9.17) is 0 Å². The fourth-order valence-electron chi connectivity index (χ4n) is 3.05. The smallest absolute Gasteiger partial charge is 0.225 e. The molecule has 0 aromatic carbocycles. The summed E-state index contributed by atoms with van der Waals surface area (Å²) in [6.07, 6.45) is 5.88. The van der Waals surface area contributed by atoms with Crippen LogP contribution in [0.5, 0.6) is 0 Å². The quantitative estimate of drug-likeness (QED) is 0.375. The Bertz CT molecular complexity index is 785. The number of aromatic nitrogens is 1. The number of amides is 1. The summed E-state index contributed by atoms with van der Waals surface area (Å²) in [5.41, 5.74) is 1.32. The molecule has 0 radical (unpaired) electrons. The molecule has 2 aromatic heterocycles. The minimum atomic E-state index is -0.0981. The number of pyridine rings is 1. The Balaban J connectivity index is 1.94. The topological polar surface area (TPSA) is 62.3 Å². The summed E-state index contributed by atoms with van der Waals surface area (Å²) in [4.78, 5) is 32.7. The monoisotopic (exact) mass is 415 g/mol. The molecule has 0 saturated heterocycles. The van der Waals surface area contributed by atoms with Gasteiger partial charge in [0.25, 0.3) is 0 Å². The van der Waals surface area contributed by atoms with Crippen LogP contribution in [0.3, 0.4) is 0 Å². The van der Waals surface area contributed by atoms with E-state index in [-0.39, 0.29) is 17.6 Å². The molecule has 0 atom stereocenters. The van der Waals surface area contributed by atoms with E-state index in [1.807, 2.05) is 31.4 Å². The highest BCUT2D eigenvalue weighted by molar-refractivity contribution is 7.12. The number of nitrogens with zero attached hydrogens (tertiary/aromatic N) is 2. The van der Waals surface area contributed by atoms with E-state index in [1.54, 1.807) is 12.1 Å². The fourth-order valence-corrected chi connectivity index (χ4v) is 3.73. The van der Waals surface area contributed by atoms with Crippen LogP contribution in [-0.4, -0.2) is 42.2 Å². The number of rotatable bonds is 12. The molecule has 2 rings (SSSR count). The van der Waals surface area contributed by atoms with Crippen molar-refractivity contribution in [3.8, 4) is 0 Å². The van der Waals surface area contributed by atoms with Crippen LogP contribution in [0.25, 0.3) is 0 Å². The van der Waals surface area contributed by atoms with Crippen molar-refractivity contribution in [1.29, 1.82) is 0 Å². The Kier molecular flexibility index (Phi) is 9.48. The van der Waals surface area contributed by atoms with Gasteiger partial charge in [0.15, 0.2) is 0 Å². The van der Waals surface area contributed by atoms with Gasteiger partial charge in [0.05, 0.1) is 10.4 Å². The molecular formula is C23H33N3O2S. The minimum Gasteiger partial charge on any atom is -0.310 e. The molecule has 0 spiro atoms. The molecule has 1 amide bonds. The molecule has 0 aliphatic heterocycles. The van der Waals surface area contributed by atoms with Crippen molar-refractivity contribution in [3.05, 3.63) is 45.8 Å². The minimum absolute atomic E-state index is 0.0769. The van der Waals surface area contributed by atoms with E-state index in [9.17, 15) is 9.59 Å². The first-order valence-electron chi connectivity index (χ1n) is 10.4. The molecule has 0 aliphatic carbocycles. The van der Waals surface area contributed by atoms with Gasteiger partial charge in [-0.2, -0.15) is 0 Å². The number of ketones is 1. The Morgan fingerprint density at radius 2 is 1.79 bits per heavy atom. The third kappa shape index (κ3) is 7.71. The Morgan fingerprint density at radius 3 is 2.45 bits per heavy atom. The number of thiophene rings is 1. The van der Waals surface area contributed by atoms with Crippen molar-refractivity contribution in [2.45, 2.75) is 58.3 Å². The first-order valence-corrected chi connectivity index (χ1v) is 11.3. The number of nitrogens with one attached hydrogen (secondary N) is 1. The summed E-state index contributed by atoms with van der Waals surface area (Å²) < 4.78 is 0. The second-order valence-electron chi connectivity index (χ2n) is 7.96. The second kappa shape index (κ2) is 11.8. The van der Waals surface area contributed by atoms with Crippen LogP contribution in [0.15, 0.2) is 29.6 Å². The summed E-state index contributed by atoms with van der Waals surface area (Å²) in [6, 6.07) is 7.30. The zero-order chi connectivity index (χ0) is 21.2. The molecule has 5 nitrogen and oxygen atoms in total. The van der Waals surface area contributed by atoms with Crippen molar-refractivity contribution in [1.82, 2.24) is 9.88 Å². The summed E-state index contributed by atoms with van der Waals surface area (Å²) in [6.45, 7) is 5.20. The summed E-state index contributed by atoms with van der Waals surface area (Å²) in [5, 5.41) is 4.77. The van der Waals surface area contributed by atoms with Gasteiger partial charge in [0.2, 0.25) is 11.7 Å². The number of carbonyl (C=O) groups excluding carboxylic acids is 2. The summed E-state index contributed by atoms with van der Waals surface area (Å²) in [5.74, 6) is 0.426. The highest BCUT2D eigenvalue weighted by Gasteiger charge is 2.18. The zero-order valence-electron chi connectivity index (χ0n) is 18.0. The van der Waals surface area contributed by atoms with Gasteiger partial charge in [0.1, 0.15) is 5.82 Å². The SMILES string of the molecule is CC(C)c1ccc(C(=O)c2cccs2)c(NC(=O)CCCCCCCN(C)C)n1. The van der Waals surface area contributed by atoms with Crippen molar-refractivity contribution in [2.24, 2.45) is 0 Å². The Labute approximate surface area is 178 Å². The molecule has 0 fully saturated rings. The van der Waals surface area contributed by atoms with E-state index in [0.717, 1.165) is 31.5 Å². The lowest BCUT2D eigenvalue weighted by atomic mass is 10.1. The van der Waals surface area contributed by atoms with Gasteiger partial charge in [0, 0.05) is 12.1 Å². The lowest BCUT2D eigenvalue weighted by Gasteiger charge is -2.13. The van der Waals surface area contributed by atoms with Crippen LogP contribution in [0.2, 0.25) is 0 Å². The van der Waals surface area contributed by atoms with Gasteiger partial charge in [-0.1, -0.05) is 39.2 Å².